The Balaban J connectivity index is 1.40. The zero-order valence-corrected chi connectivity index (χ0v) is 19.7. The molecule has 10 heteroatoms. The largest absolute Gasteiger partial charge is 0.474 e. The van der Waals surface area contributed by atoms with Gasteiger partial charge in [0.05, 0.1) is 11.7 Å². The Hall–Kier alpha value is -3.33. The van der Waals surface area contributed by atoms with Crippen LogP contribution in [0, 0.1) is 6.92 Å². The van der Waals surface area contributed by atoms with Crippen molar-refractivity contribution in [2.24, 2.45) is 7.05 Å². The second kappa shape index (κ2) is 8.55. The summed E-state index contributed by atoms with van der Waals surface area (Å²) in [6.07, 6.45) is 4.51. The fourth-order valence-electron chi connectivity index (χ4n) is 4.36. The van der Waals surface area contributed by atoms with E-state index < -0.39 is 0 Å². The Morgan fingerprint density at radius 3 is 2.88 bits per heavy atom. The summed E-state index contributed by atoms with van der Waals surface area (Å²) < 4.78 is 12.9. The molecular weight excluding hydrogens is 442 g/mol. The first-order valence-electron chi connectivity index (χ1n) is 10.9. The minimum Gasteiger partial charge on any atom is -0.474 e. The van der Waals surface area contributed by atoms with E-state index in [-0.39, 0.29) is 6.10 Å². The molecule has 1 aliphatic rings. The molecule has 0 saturated heterocycles. The highest BCUT2D eigenvalue weighted by Gasteiger charge is 2.27. The molecule has 0 amide bonds. The van der Waals surface area contributed by atoms with Crippen LogP contribution in [-0.2, 0) is 19.9 Å². The Morgan fingerprint density at radius 1 is 1.30 bits per heavy atom. The fraction of sp³-hybridized carbons (Fsp3) is 0.391. The summed E-state index contributed by atoms with van der Waals surface area (Å²) in [6, 6.07) is 5.97. The van der Waals surface area contributed by atoms with Gasteiger partial charge < -0.3 is 9.26 Å². The van der Waals surface area contributed by atoms with E-state index in [4.69, 9.17) is 20.9 Å². The number of tetrazole rings is 1. The molecule has 1 aliphatic carbocycles. The van der Waals surface area contributed by atoms with E-state index in [1.165, 1.54) is 16.7 Å². The molecule has 1 aromatic carbocycles. The van der Waals surface area contributed by atoms with Crippen LogP contribution in [0.25, 0.3) is 22.8 Å². The van der Waals surface area contributed by atoms with Crippen molar-refractivity contribution in [3.8, 4) is 28.7 Å². The van der Waals surface area contributed by atoms with Crippen molar-refractivity contribution in [3.63, 3.8) is 0 Å². The number of hydrogen-bond acceptors (Lipinski definition) is 8. The van der Waals surface area contributed by atoms with Gasteiger partial charge in [0.15, 0.2) is 5.82 Å². The molecule has 170 valence electrons. The molecule has 33 heavy (non-hydrogen) atoms. The predicted molar refractivity (Wildman–Crippen MR) is 122 cm³/mol. The van der Waals surface area contributed by atoms with Crippen molar-refractivity contribution >= 4 is 11.6 Å². The topological polar surface area (TPSA) is 105 Å². The zero-order valence-electron chi connectivity index (χ0n) is 18.9. The van der Waals surface area contributed by atoms with Crippen LogP contribution in [0.15, 0.2) is 28.9 Å². The number of ether oxygens (including phenoxy) is 1. The van der Waals surface area contributed by atoms with Gasteiger partial charge in [0.25, 0.3) is 5.89 Å². The first kappa shape index (κ1) is 21.5. The molecule has 1 atom stereocenters. The van der Waals surface area contributed by atoms with E-state index in [9.17, 15) is 0 Å². The fourth-order valence-corrected chi connectivity index (χ4v) is 4.58. The molecule has 3 heterocycles. The van der Waals surface area contributed by atoms with E-state index in [0.717, 1.165) is 30.7 Å². The van der Waals surface area contributed by atoms with E-state index >= 15 is 0 Å². The second-order valence-electron chi connectivity index (χ2n) is 8.57. The van der Waals surface area contributed by atoms with Gasteiger partial charge in [-0.05, 0) is 72.7 Å². The lowest BCUT2D eigenvalue weighted by Gasteiger charge is -2.13. The summed E-state index contributed by atoms with van der Waals surface area (Å²) in [5.41, 5.74) is 5.48. The summed E-state index contributed by atoms with van der Waals surface area (Å²) in [4.78, 5) is 8.90. The highest BCUT2D eigenvalue weighted by molar-refractivity contribution is 6.32. The van der Waals surface area contributed by atoms with Crippen LogP contribution in [0.2, 0.25) is 5.02 Å². The average Bonchev–Trinajstić information content (AvgIpc) is 3.51. The van der Waals surface area contributed by atoms with Crippen molar-refractivity contribution in [2.75, 3.05) is 0 Å². The normalized spacial score (nSPS) is 15.3. The minimum atomic E-state index is -0.0182. The molecule has 0 N–H and O–H groups in total. The summed E-state index contributed by atoms with van der Waals surface area (Å²) in [6.45, 7) is 5.96. The summed E-state index contributed by atoms with van der Waals surface area (Å²) in [5.74, 6) is 2.59. The Morgan fingerprint density at radius 2 is 2.15 bits per heavy atom. The van der Waals surface area contributed by atoms with Gasteiger partial charge in [0.1, 0.15) is 5.02 Å². The minimum absolute atomic E-state index is 0.0182. The predicted octanol–water partition coefficient (Wildman–Crippen LogP) is 4.34. The lowest BCUT2D eigenvalue weighted by molar-refractivity contribution is 0.233. The number of fused-ring (bicyclic) bond motifs is 1. The monoisotopic (exact) mass is 465 g/mol. The maximum atomic E-state index is 6.32. The molecule has 4 aromatic rings. The number of hydrogen-bond donors (Lipinski definition) is 0. The zero-order chi connectivity index (χ0) is 23.1. The van der Waals surface area contributed by atoms with Gasteiger partial charge in [-0.2, -0.15) is 4.98 Å². The highest BCUT2D eigenvalue weighted by Crippen LogP contribution is 2.40. The van der Waals surface area contributed by atoms with Gasteiger partial charge in [-0.15, -0.1) is 5.10 Å². The second-order valence-corrected chi connectivity index (χ2v) is 8.97. The van der Waals surface area contributed by atoms with Crippen molar-refractivity contribution in [2.45, 2.75) is 52.1 Å². The van der Waals surface area contributed by atoms with E-state index in [1.807, 2.05) is 20.9 Å². The molecule has 0 radical (unpaired) electrons. The summed E-state index contributed by atoms with van der Waals surface area (Å²) >= 11 is 6.32. The van der Waals surface area contributed by atoms with E-state index in [0.29, 0.717) is 34.1 Å². The maximum absolute atomic E-state index is 6.32. The Kier molecular flexibility index (Phi) is 5.57. The van der Waals surface area contributed by atoms with Crippen molar-refractivity contribution in [1.82, 2.24) is 35.3 Å². The molecule has 0 fully saturated rings. The van der Waals surface area contributed by atoms with Gasteiger partial charge in [0.2, 0.25) is 11.7 Å². The van der Waals surface area contributed by atoms with Gasteiger partial charge in [-0.25, -0.2) is 9.67 Å². The average molecular weight is 466 g/mol. The van der Waals surface area contributed by atoms with Crippen molar-refractivity contribution in [1.29, 1.82) is 0 Å². The van der Waals surface area contributed by atoms with Crippen LogP contribution in [0.4, 0.5) is 0 Å². The standard InChI is InChI=1S/C23H24ClN7O2/c1-12(2)32-23-19(24)9-15(11-25-23)22-26-21(28-33-22)17-7-8-18-14(5-6-16(18)13(17)3)10-20-27-29-30-31(20)4/h7-9,11-12,14H,5-6,10H2,1-4H3. The number of halogens is 1. The summed E-state index contributed by atoms with van der Waals surface area (Å²) in [7, 11) is 1.88. The molecule has 3 aromatic heterocycles. The first-order chi connectivity index (χ1) is 15.9. The highest BCUT2D eigenvalue weighted by atomic mass is 35.5. The molecule has 0 bridgehead atoms. The third kappa shape index (κ3) is 4.08. The first-order valence-corrected chi connectivity index (χ1v) is 11.3. The van der Waals surface area contributed by atoms with E-state index in [1.54, 1.807) is 16.9 Å². The van der Waals surface area contributed by atoms with Gasteiger partial charge >= 0.3 is 0 Å². The van der Waals surface area contributed by atoms with Gasteiger partial charge in [-0.3, -0.25) is 0 Å². The van der Waals surface area contributed by atoms with Crippen molar-refractivity contribution in [3.05, 3.63) is 51.9 Å². The lowest BCUT2D eigenvalue weighted by Crippen LogP contribution is -2.07. The third-order valence-corrected chi connectivity index (χ3v) is 6.29. The molecule has 0 spiro atoms. The van der Waals surface area contributed by atoms with Crippen LogP contribution in [0.5, 0.6) is 5.88 Å². The number of aromatic nitrogens is 7. The summed E-state index contributed by atoms with van der Waals surface area (Å²) in [5, 5.41) is 16.5. The third-order valence-electron chi connectivity index (χ3n) is 6.02. The van der Waals surface area contributed by atoms with Crippen LogP contribution in [0.1, 0.15) is 48.7 Å². The molecule has 5 rings (SSSR count). The molecule has 9 nitrogen and oxygen atoms in total. The van der Waals surface area contributed by atoms with Gasteiger partial charge in [0, 0.05) is 25.2 Å². The quantitative estimate of drug-likeness (QED) is 0.414. The molecule has 1 unspecified atom stereocenters. The van der Waals surface area contributed by atoms with Crippen LogP contribution >= 0.6 is 11.6 Å². The van der Waals surface area contributed by atoms with Crippen LogP contribution in [-0.4, -0.2) is 41.4 Å². The maximum Gasteiger partial charge on any atom is 0.259 e. The number of pyridine rings is 1. The SMILES string of the molecule is Cc1c(-c2noc(-c3cnc(OC(C)C)c(Cl)c3)n2)ccc2c1CCC2Cc1nnnn1C. The number of nitrogens with zero attached hydrogens (tertiary/aromatic N) is 7. The van der Waals surface area contributed by atoms with Crippen molar-refractivity contribution < 1.29 is 9.26 Å². The van der Waals surface area contributed by atoms with Gasteiger partial charge in [-0.1, -0.05) is 28.9 Å². The molecule has 0 aliphatic heterocycles. The molecule has 0 saturated carbocycles. The number of benzene rings is 1. The smallest absolute Gasteiger partial charge is 0.259 e. The van der Waals surface area contributed by atoms with Crippen LogP contribution < -0.4 is 4.74 Å². The van der Waals surface area contributed by atoms with E-state index in [2.05, 4.69) is 49.7 Å². The molecular formula is C23H24ClN7O2. The Labute approximate surface area is 196 Å². The number of rotatable bonds is 6. The number of aryl methyl sites for hydroxylation is 1. The van der Waals surface area contributed by atoms with Crippen LogP contribution in [0.3, 0.4) is 0 Å². The Bertz CT molecular complexity index is 1310. The lowest BCUT2D eigenvalue weighted by atomic mass is 9.93.